The fourth-order valence-corrected chi connectivity index (χ4v) is 5.46. The molecule has 4 rings (SSSR count). The predicted molar refractivity (Wildman–Crippen MR) is 107 cm³/mol. The predicted octanol–water partition coefficient (Wildman–Crippen LogP) is 3.20. The van der Waals surface area contributed by atoms with Crippen LogP contribution in [0.2, 0.25) is 0 Å². The van der Waals surface area contributed by atoms with Gasteiger partial charge in [0.25, 0.3) is 0 Å². The number of hydrogen-bond donors (Lipinski definition) is 0. The Morgan fingerprint density at radius 2 is 1.82 bits per heavy atom. The molecule has 7 nitrogen and oxygen atoms in total. The number of methoxy groups -OCH3 is 1. The molecule has 28 heavy (non-hydrogen) atoms. The van der Waals surface area contributed by atoms with Crippen LogP contribution in [0, 0.1) is 13.8 Å². The largest absolute Gasteiger partial charge is 0.495 e. The molecule has 8 heteroatoms. The molecule has 3 aromatic rings. The van der Waals surface area contributed by atoms with E-state index in [1.165, 1.54) is 7.11 Å². The van der Waals surface area contributed by atoms with Crippen molar-refractivity contribution < 1.29 is 13.2 Å². The quantitative estimate of drug-likeness (QED) is 0.672. The van der Waals surface area contributed by atoms with Crippen LogP contribution in [0.15, 0.2) is 35.4 Å². The van der Waals surface area contributed by atoms with Crippen molar-refractivity contribution in [3.8, 4) is 16.9 Å². The Balaban J connectivity index is 1.86. The van der Waals surface area contributed by atoms with Gasteiger partial charge < -0.3 is 4.74 Å². The van der Waals surface area contributed by atoms with Gasteiger partial charge in [-0.2, -0.15) is 9.40 Å². The van der Waals surface area contributed by atoms with Gasteiger partial charge in [0, 0.05) is 30.0 Å². The zero-order valence-electron chi connectivity index (χ0n) is 16.3. The van der Waals surface area contributed by atoms with Crippen molar-refractivity contribution in [2.24, 2.45) is 0 Å². The molecular formula is C20H24N4O3S. The molecule has 1 aliphatic heterocycles. The van der Waals surface area contributed by atoms with E-state index in [-0.39, 0.29) is 4.90 Å². The number of fused-ring (bicyclic) bond motifs is 1. The van der Waals surface area contributed by atoms with Gasteiger partial charge in [-0.05, 0) is 50.5 Å². The van der Waals surface area contributed by atoms with Crippen LogP contribution >= 0.6 is 0 Å². The Bertz CT molecular complexity index is 1130. The van der Waals surface area contributed by atoms with Gasteiger partial charge in [0.15, 0.2) is 5.65 Å². The zero-order valence-corrected chi connectivity index (χ0v) is 17.2. The highest BCUT2D eigenvalue weighted by molar-refractivity contribution is 7.89. The highest BCUT2D eigenvalue weighted by Gasteiger charge is 2.29. The Hall–Kier alpha value is -2.45. The van der Waals surface area contributed by atoms with E-state index in [4.69, 9.17) is 4.74 Å². The smallest absolute Gasteiger partial charge is 0.246 e. The monoisotopic (exact) mass is 400 g/mol. The van der Waals surface area contributed by atoms with Crippen LogP contribution in [0.5, 0.6) is 5.75 Å². The van der Waals surface area contributed by atoms with Crippen LogP contribution in [0.1, 0.15) is 30.7 Å². The second-order valence-corrected chi connectivity index (χ2v) is 9.07. The number of aromatic nitrogens is 3. The summed E-state index contributed by atoms with van der Waals surface area (Å²) < 4.78 is 35.2. The summed E-state index contributed by atoms with van der Waals surface area (Å²) in [6, 6.07) is 7.20. The van der Waals surface area contributed by atoms with Crippen molar-refractivity contribution in [1.29, 1.82) is 0 Å². The van der Waals surface area contributed by atoms with Crippen LogP contribution < -0.4 is 4.74 Å². The van der Waals surface area contributed by atoms with E-state index in [1.54, 1.807) is 27.2 Å². The lowest BCUT2D eigenvalue weighted by Gasteiger charge is -2.26. The van der Waals surface area contributed by atoms with E-state index in [0.717, 1.165) is 41.8 Å². The lowest BCUT2D eigenvalue weighted by atomic mass is 10.1. The molecule has 0 saturated carbocycles. The minimum atomic E-state index is -3.63. The Kier molecular flexibility index (Phi) is 4.84. The molecule has 0 unspecified atom stereocenters. The summed E-state index contributed by atoms with van der Waals surface area (Å²) in [6.07, 6.45) is 4.57. The van der Waals surface area contributed by atoms with E-state index in [0.29, 0.717) is 24.5 Å². The molecule has 2 aromatic heterocycles. The maximum atomic E-state index is 13.3. The molecule has 1 saturated heterocycles. The van der Waals surface area contributed by atoms with Crippen LogP contribution in [-0.4, -0.2) is 47.5 Å². The molecule has 0 amide bonds. The second kappa shape index (κ2) is 7.18. The first kappa shape index (κ1) is 18.9. The second-order valence-electron chi connectivity index (χ2n) is 7.16. The molecule has 0 atom stereocenters. The van der Waals surface area contributed by atoms with Gasteiger partial charge in [0.05, 0.1) is 13.3 Å². The average Bonchev–Trinajstić information content (AvgIpc) is 3.12. The third-order valence-electron chi connectivity index (χ3n) is 5.19. The topological polar surface area (TPSA) is 76.8 Å². The van der Waals surface area contributed by atoms with Crippen molar-refractivity contribution in [2.45, 2.75) is 38.0 Å². The third kappa shape index (κ3) is 3.16. The normalized spacial score (nSPS) is 15.8. The number of ether oxygens (including phenoxy) is 1. The van der Waals surface area contributed by atoms with E-state index in [1.807, 2.05) is 26.0 Å². The van der Waals surface area contributed by atoms with Gasteiger partial charge in [-0.25, -0.2) is 17.9 Å². The van der Waals surface area contributed by atoms with E-state index in [2.05, 4.69) is 10.1 Å². The molecular weight excluding hydrogens is 376 g/mol. The minimum Gasteiger partial charge on any atom is -0.495 e. The summed E-state index contributed by atoms with van der Waals surface area (Å²) in [5, 5.41) is 4.42. The highest BCUT2D eigenvalue weighted by atomic mass is 32.2. The maximum absolute atomic E-state index is 13.3. The molecule has 1 aliphatic rings. The summed E-state index contributed by atoms with van der Waals surface area (Å²) in [5.74, 6) is 0.353. The number of aryl methyl sites for hydroxylation is 2. The number of hydrogen-bond acceptors (Lipinski definition) is 5. The summed E-state index contributed by atoms with van der Waals surface area (Å²) in [4.78, 5) is 4.80. The Labute approximate surface area is 165 Å². The lowest BCUT2D eigenvalue weighted by Crippen LogP contribution is -2.35. The molecule has 0 radical (unpaired) electrons. The van der Waals surface area contributed by atoms with Crippen molar-refractivity contribution in [3.63, 3.8) is 0 Å². The van der Waals surface area contributed by atoms with Crippen molar-refractivity contribution in [1.82, 2.24) is 18.9 Å². The van der Waals surface area contributed by atoms with Gasteiger partial charge in [0.2, 0.25) is 10.0 Å². The molecule has 3 heterocycles. The minimum absolute atomic E-state index is 0.193. The first-order valence-electron chi connectivity index (χ1n) is 9.42. The molecule has 0 aliphatic carbocycles. The molecule has 0 N–H and O–H groups in total. The van der Waals surface area contributed by atoms with Gasteiger partial charge in [-0.1, -0.05) is 12.5 Å². The van der Waals surface area contributed by atoms with Crippen LogP contribution in [0.4, 0.5) is 0 Å². The SMILES string of the molecule is COc1ccc(-c2cnn3c(C)cc(C)nc23)cc1S(=O)(=O)N1CCCCC1. The first-order valence-corrected chi connectivity index (χ1v) is 10.9. The van der Waals surface area contributed by atoms with Crippen molar-refractivity contribution in [3.05, 3.63) is 41.9 Å². The van der Waals surface area contributed by atoms with E-state index < -0.39 is 10.0 Å². The fourth-order valence-electron chi connectivity index (χ4n) is 3.76. The van der Waals surface area contributed by atoms with Crippen molar-refractivity contribution >= 4 is 15.7 Å². The van der Waals surface area contributed by atoms with Gasteiger partial charge in [-0.3, -0.25) is 0 Å². The zero-order chi connectivity index (χ0) is 19.9. The van der Waals surface area contributed by atoms with E-state index >= 15 is 0 Å². The Morgan fingerprint density at radius 1 is 1.07 bits per heavy atom. The summed E-state index contributed by atoms with van der Waals surface area (Å²) in [7, 11) is -2.13. The van der Waals surface area contributed by atoms with E-state index in [9.17, 15) is 8.42 Å². The number of nitrogens with zero attached hydrogens (tertiary/aromatic N) is 4. The molecule has 1 fully saturated rings. The fraction of sp³-hybridized carbons (Fsp3) is 0.400. The maximum Gasteiger partial charge on any atom is 0.246 e. The van der Waals surface area contributed by atoms with Crippen molar-refractivity contribution in [2.75, 3.05) is 20.2 Å². The lowest BCUT2D eigenvalue weighted by molar-refractivity contribution is 0.343. The number of piperidine rings is 1. The van der Waals surface area contributed by atoms with Crippen LogP contribution in [-0.2, 0) is 10.0 Å². The number of sulfonamides is 1. The molecule has 0 bridgehead atoms. The molecule has 148 valence electrons. The average molecular weight is 401 g/mol. The highest BCUT2D eigenvalue weighted by Crippen LogP contribution is 2.34. The standard InChI is InChI=1S/C20H24N4O3S/c1-14-11-15(2)24-20(22-14)17(13-21-24)16-7-8-18(27-3)19(12-16)28(25,26)23-9-5-4-6-10-23/h7-8,11-13H,4-6,9-10H2,1-3H3. The summed E-state index contributed by atoms with van der Waals surface area (Å²) in [5.41, 5.74) is 4.13. The summed E-state index contributed by atoms with van der Waals surface area (Å²) >= 11 is 0. The Morgan fingerprint density at radius 3 is 2.54 bits per heavy atom. The molecule has 1 aromatic carbocycles. The van der Waals surface area contributed by atoms with Crippen LogP contribution in [0.3, 0.4) is 0 Å². The van der Waals surface area contributed by atoms with Gasteiger partial charge in [-0.15, -0.1) is 0 Å². The number of rotatable bonds is 4. The molecule has 0 spiro atoms. The summed E-state index contributed by atoms with van der Waals surface area (Å²) in [6.45, 7) is 5.00. The van der Waals surface area contributed by atoms with Crippen LogP contribution in [0.25, 0.3) is 16.8 Å². The number of benzene rings is 1. The van der Waals surface area contributed by atoms with Gasteiger partial charge in [0.1, 0.15) is 10.6 Å². The van der Waals surface area contributed by atoms with Gasteiger partial charge >= 0.3 is 0 Å². The third-order valence-corrected chi connectivity index (χ3v) is 7.11. The first-order chi connectivity index (χ1) is 13.4.